The fourth-order valence-electron chi connectivity index (χ4n) is 3.79. The van der Waals surface area contributed by atoms with Gasteiger partial charge in [0.2, 0.25) is 15.9 Å². The van der Waals surface area contributed by atoms with E-state index in [1.165, 1.54) is 6.92 Å². The number of carbonyl (C=O) groups excluding carboxylic acids is 1. The number of fused-ring (bicyclic) bond motifs is 1. The molecule has 1 aliphatic carbocycles. The smallest absolute Gasteiger partial charge is 0.240 e. The quantitative estimate of drug-likeness (QED) is 0.857. The van der Waals surface area contributed by atoms with E-state index in [-0.39, 0.29) is 22.8 Å². The third kappa shape index (κ3) is 3.34. The normalized spacial score (nSPS) is 24.0. The topological polar surface area (TPSA) is 92.5 Å². The molecule has 2 unspecified atom stereocenters. The van der Waals surface area contributed by atoms with Crippen LogP contribution in [-0.4, -0.2) is 33.5 Å². The summed E-state index contributed by atoms with van der Waals surface area (Å²) in [5, 5.41) is 0. The predicted octanol–water partition coefficient (Wildman–Crippen LogP) is 1.39. The minimum atomic E-state index is -3.61. The van der Waals surface area contributed by atoms with E-state index in [0.717, 1.165) is 43.4 Å². The molecule has 3 rings (SSSR count). The summed E-state index contributed by atoms with van der Waals surface area (Å²) in [6.07, 6.45) is 4.55. The second-order valence-corrected chi connectivity index (χ2v) is 8.43. The number of nitrogens with one attached hydrogen (secondary N) is 1. The lowest BCUT2D eigenvalue weighted by Gasteiger charge is -2.29. The fraction of sp³-hybridized carbons (Fsp3) is 0.588. The van der Waals surface area contributed by atoms with Gasteiger partial charge in [-0.3, -0.25) is 4.79 Å². The first-order valence-corrected chi connectivity index (χ1v) is 10.0. The van der Waals surface area contributed by atoms with Gasteiger partial charge in [0.1, 0.15) is 0 Å². The average molecular weight is 351 g/mol. The van der Waals surface area contributed by atoms with Crippen LogP contribution in [0.1, 0.15) is 38.2 Å². The summed E-state index contributed by atoms with van der Waals surface area (Å²) in [6, 6.07) is 5.00. The maximum absolute atomic E-state index is 12.8. The van der Waals surface area contributed by atoms with Crippen molar-refractivity contribution in [1.82, 2.24) is 4.72 Å². The zero-order valence-electron chi connectivity index (χ0n) is 14.0. The second kappa shape index (κ2) is 6.82. The van der Waals surface area contributed by atoms with Gasteiger partial charge in [0.05, 0.1) is 4.90 Å². The minimum absolute atomic E-state index is 0.0579. The molecule has 1 aliphatic heterocycles. The molecule has 1 aromatic rings. The van der Waals surface area contributed by atoms with Crippen molar-refractivity contribution in [1.29, 1.82) is 0 Å². The Labute approximate surface area is 143 Å². The number of anilines is 1. The molecule has 1 saturated carbocycles. The number of amides is 1. The van der Waals surface area contributed by atoms with E-state index in [0.29, 0.717) is 13.1 Å². The Morgan fingerprint density at radius 2 is 2.12 bits per heavy atom. The average Bonchev–Trinajstić information content (AvgIpc) is 3.00. The number of hydrogen-bond donors (Lipinski definition) is 2. The Morgan fingerprint density at radius 1 is 1.33 bits per heavy atom. The Kier molecular flexibility index (Phi) is 4.94. The fourth-order valence-corrected chi connectivity index (χ4v) is 5.15. The molecule has 6 nitrogen and oxygen atoms in total. The van der Waals surface area contributed by atoms with E-state index in [4.69, 9.17) is 5.73 Å². The molecule has 0 saturated heterocycles. The Hall–Kier alpha value is -1.44. The van der Waals surface area contributed by atoms with Gasteiger partial charge >= 0.3 is 0 Å². The van der Waals surface area contributed by atoms with Gasteiger partial charge < -0.3 is 10.6 Å². The van der Waals surface area contributed by atoms with Gasteiger partial charge in [-0.15, -0.1) is 0 Å². The van der Waals surface area contributed by atoms with Gasteiger partial charge in [0.25, 0.3) is 0 Å². The number of sulfonamides is 1. The largest absolute Gasteiger partial charge is 0.330 e. The number of nitrogens with two attached hydrogens (primary N) is 1. The van der Waals surface area contributed by atoms with Crippen LogP contribution in [0.3, 0.4) is 0 Å². The molecule has 24 heavy (non-hydrogen) atoms. The summed E-state index contributed by atoms with van der Waals surface area (Å²) in [5.41, 5.74) is 7.49. The molecule has 0 radical (unpaired) electrons. The number of hydrogen-bond acceptors (Lipinski definition) is 4. The number of benzene rings is 1. The van der Waals surface area contributed by atoms with Crippen molar-refractivity contribution in [2.24, 2.45) is 11.7 Å². The van der Waals surface area contributed by atoms with Crippen molar-refractivity contribution in [3.05, 3.63) is 23.8 Å². The summed E-state index contributed by atoms with van der Waals surface area (Å²) in [4.78, 5) is 13.7. The van der Waals surface area contributed by atoms with Gasteiger partial charge in [-0.2, -0.15) is 0 Å². The second-order valence-electron chi connectivity index (χ2n) is 6.72. The van der Waals surface area contributed by atoms with E-state index >= 15 is 0 Å². The van der Waals surface area contributed by atoms with Gasteiger partial charge in [-0.1, -0.05) is 12.5 Å². The number of carbonyl (C=O) groups is 1. The number of aryl methyl sites for hydroxylation is 1. The first-order valence-electron chi connectivity index (χ1n) is 8.56. The van der Waals surface area contributed by atoms with Gasteiger partial charge in [0, 0.05) is 25.2 Å². The summed E-state index contributed by atoms with van der Waals surface area (Å²) in [7, 11) is -3.61. The summed E-state index contributed by atoms with van der Waals surface area (Å²) >= 11 is 0. The van der Waals surface area contributed by atoms with E-state index in [9.17, 15) is 13.2 Å². The molecule has 132 valence electrons. The third-order valence-electron chi connectivity index (χ3n) is 5.13. The molecule has 3 N–H and O–H groups in total. The highest BCUT2D eigenvalue weighted by Gasteiger charge is 2.31. The van der Waals surface area contributed by atoms with Crippen LogP contribution in [0.5, 0.6) is 0 Å². The zero-order chi connectivity index (χ0) is 17.3. The standard InChI is InChI=1S/C17H25N3O3S/c1-12(21)20-9-3-5-13-7-8-15(10-17(13)20)24(22,23)19-16-6-2-4-14(16)11-18/h7-8,10,14,16,19H,2-6,9,11,18H2,1H3. The molecule has 0 bridgehead atoms. The molecule has 2 aliphatic rings. The zero-order valence-corrected chi connectivity index (χ0v) is 14.8. The Morgan fingerprint density at radius 3 is 2.83 bits per heavy atom. The Bertz CT molecular complexity index is 733. The van der Waals surface area contributed by atoms with Crippen molar-refractivity contribution in [2.45, 2.75) is 50.0 Å². The number of nitrogens with zero attached hydrogens (tertiary/aromatic N) is 1. The van der Waals surface area contributed by atoms with Gasteiger partial charge in [0.15, 0.2) is 0 Å². The minimum Gasteiger partial charge on any atom is -0.330 e. The van der Waals surface area contributed by atoms with Crippen LogP contribution in [0.25, 0.3) is 0 Å². The molecular weight excluding hydrogens is 326 g/mol. The van der Waals surface area contributed by atoms with Crippen LogP contribution in [-0.2, 0) is 21.2 Å². The van der Waals surface area contributed by atoms with Crippen LogP contribution >= 0.6 is 0 Å². The summed E-state index contributed by atoms with van der Waals surface area (Å²) in [5.74, 6) is 0.142. The highest BCUT2D eigenvalue weighted by Crippen LogP contribution is 2.31. The molecule has 1 aromatic carbocycles. The van der Waals surface area contributed by atoms with E-state index in [1.54, 1.807) is 17.0 Å². The lowest BCUT2D eigenvalue weighted by Crippen LogP contribution is -2.40. The molecule has 0 spiro atoms. The van der Waals surface area contributed by atoms with Crippen molar-refractivity contribution in [3.63, 3.8) is 0 Å². The van der Waals surface area contributed by atoms with Gasteiger partial charge in [-0.05, 0) is 55.8 Å². The van der Waals surface area contributed by atoms with E-state index in [1.807, 2.05) is 6.07 Å². The maximum Gasteiger partial charge on any atom is 0.240 e. The summed E-state index contributed by atoms with van der Waals surface area (Å²) in [6.45, 7) is 2.64. The highest BCUT2D eigenvalue weighted by atomic mass is 32.2. The molecule has 1 amide bonds. The van der Waals surface area contributed by atoms with Crippen LogP contribution in [0.2, 0.25) is 0 Å². The molecule has 7 heteroatoms. The van der Waals surface area contributed by atoms with Gasteiger partial charge in [-0.25, -0.2) is 13.1 Å². The van der Waals surface area contributed by atoms with Crippen LogP contribution in [0, 0.1) is 5.92 Å². The first-order chi connectivity index (χ1) is 11.4. The van der Waals surface area contributed by atoms with Crippen molar-refractivity contribution >= 4 is 21.6 Å². The monoisotopic (exact) mass is 351 g/mol. The number of rotatable bonds is 4. The summed E-state index contributed by atoms with van der Waals surface area (Å²) < 4.78 is 28.3. The SMILES string of the molecule is CC(=O)N1CCCc2ccc(S(=O)(=O)NC3CCCC3CN)cc21. The van der Waals surface area contributed by atoms with E-state index < -0.39 is 10.0 Å². The molecular formula is C17H25N3O3S. The van der Waals surface area contributed by atoms with Crippen LogP contribution < -0.4 is 15.4 Å². The molecule has 1 heterocycles. The third-order valence-corrected chi connectivity index (χ3v) is 6.62. The van der Waals surface area contributed by atoms with Crippen molar-refractivity contribution in [2.75, 3.05) is 18.0 Å². The molecule has 0 aromatic heterocycles. The lowest BCUT2D eigenvalue weighted by atomic mass is 10.0. The predicted molar refractivity (Wildman–Crippen MR) is 93.3 cm³/mol. The maximum atomic E-state index is 12.8. The Balaban J connectivity index is 1.89. The van der Waals surface area contributed by atoms with Crippen molar-refractivity contribution in [3.8, 4) is 0 Å². The molecule has 1 fully saturated rings. The first kappa shape index (κ1) is 17.4. The van der Waals surface area contributed by atoms with Crippen LogP contribution in [0.4, 0.5) is 5.69 Å². The van der Waals surface area contributed by atoms with Crippen molar-refractivity contribution < 1.29 is 13.2 Å². The highest BCUT2D eigenvalue weighted by molar-refractivity contribution is 7.89. The lowest BCUT2D eigenvalue weighted by molar-refractivity contribution is -0.116. The van der Waals surface area contributed by atoms with Crippen LogP contribution in [0.15, 0.2) is 23.1 Å². The van der Waals surface area contributed by atoms with E-state index in [2.05, 4.69) is 4.72 Å². The molecule has 2 atom stereocenters.